The predicted molar refractivity (Wildman–Crippen MR) is 101 cm³/mol. The Hall–Kier alpha value is -2.73. The van der Waals surface area contributed by atoms with Crippen LogP contribution in [0.25, 0.3) is 0 Å². The highest BCUT2D eigenvalue weighted by Crippen LogP contribution is 2.19. The number of hydrogen-bond donors (Lipinski definition) is 3. The summed E-state index contributed by atoms with van der Waals surface area (Å²) in [6, 6.07) is 11.0. The average Bonchev–Trinajstić information content (AvgIpc) is 2.62. The molecule has 0 aliphatic rings. The Bertz CT molecular complexity index is 792. The van der Waals surface area contributed by atoms with E-state index in [0.29, 0.717) is 17.8 Å². The Morgan fingerprint density at radius 3 is 2.54 bits per heavy atom. The maximum absolute atomic E-state index is 13.8. The molecule has 0 aromatic heterocycles. The van der Waals surface area contributed by atoms with E-state index >= 15 is 0 Å². The van der Waals surface area contributed by atoms with E-state index in [2.05, 4.69) is 16.0 Å². The lowest BCUT2D eigenvalue weighted by Gasteiger charge is -2.14. The summed E-state index contributed by atoms with van der Waals surface area (Å²) >= 11 is 0. The van der Waals surface area contributed by atoms with Gasteiger partial charge in [0.05, 0.1) is 5.56 Å². The molecule has 0 aliphatic heterocycles. The van der Waals surface area contributed by atoms with Gasteiger partial charge in [0.1, 0.15) is 5.82 Å². The van der Waals surface area contributed by atoms with Crippen molar-refractivity contribution in [3.8, 4) is 0 Å². The fraction of sp³-hybridized carbons (Fsp3) is 0.300. The summed E-state index contributed by atoms with van der Waals surface area (Å²) < 4.78 is 13.8. The lowest BCUT2D eigenvalue weighted by molar-refractivity contribution is 0.0948. The highest BCUT2D eigenvalue weighted by Gasteiger charge is 2.14. The summed E-state index contributed by atoms with van der Waals surface area (Å²) in [7, 11) is 0. The van der Waals surface area contributed by atoms with Crippen LogP contribution < -0.4 is 16.0 Å². The predicted octanol–water partition coefficient (Wildman–Crippen LogP) is 3.11. The molecule has 2 aromatic carbocycles. The second-order valence-corrected chi connectivity index (χ2v) is 6.13. The van der Waals surface area contributed by atoms with Crippen LogP contribution in [0.1, 0.15) is 40.1 Å². The largest absolute Gasteiger partial charge is 0.350 e. The van der Waals surface area contributed by atoms with E-state index in [1.165, 1.54) is 18.2 Å². The number of likely N-dealkylation sites (N-methyl/N-ethyl adjacent to an activating group) is 1. The van der Waals surface area contributed by atoms with Gasteiger partial charge in [-0.1, -0.05) is 25.1 Å². The lowest BCUT2D eigenvalue weighted by atomic mass is 10.1. The van der Waals surface area contributed by atoms with E-state index in [0.717, 1.165) is 12.1 Å². The minimum atomic E-state index is -0.589. The molecule has 0 saturated heterocycles. The van der Waals surface area contributed by atoms with Crippen molar-refractivity contribution in [2.24, 2.45) is 0 Å². The third-order valence-electron chi connectivity index (χ3n) is 3.99. The van der Waals surface area contributed by atoms with Crippen LogP contribution in [0.4, 0.5) is 10.1 Å². The van der Waals surface area contributed by atoms with Gasteiger partial charge in [-0.3, -0.25) is 9.59 Å². The molecule has 1 atom stereocenters. The van der Waals surface area contributed by atoms with Gasteiger partial charge in [-0.25, -0.2) is 4.39 Å². The number of carbonyl (C=O) groups is 2. The number of aryl methyl sites for hydroxylation is 1. The molecule has 26 heavy (non-hydrogen) atoms. The van der Waals surface area contributed by atoms with Crippen molar-refractivity contribution in [3.63, 3.8) is 0 Å². The average molecular weight is 357 g/mol. The first-order valence-electron chi connectivity index (χ1n) is 8.60. The number of carbonyl (C=O) groups excluding carboxylic acids is 2. The van der Waals surface area contributed by atoms with Crippen LogP contribution in [0.3, 0.4) is 0 Å². The molecule has 6 heteroatoms. The maximum Gasteiger partial charge on any atom is 0.258 e. The second kappa shape index (κ2) is 9.10. The molecule has 3 N–H and O–H groups in total. The molecule has 0 bridgehead atoms. The molecule has 138 valence electrons. The Morgan fingerprint density at radius 2 is 1.85 bits per heavy atom. The number of benzene rings is 2. The van der Waals surface area contributed by atoms with Crippen LogP contribution in [-0.4, -0.2) is 30.9 Å². The van der Waals surface area contributed by atoms with Crippen LogP contribution in [-0.2, 0) is 0 Å². The van der Waals surface area contributed by atoms with E-state index in [1.807, 2.05) is 20.8 Å². The molecule has 0 spiro atoms. The third kappa shape index (κ3) is 5.13. The van der Waals surface area contributed by atoms with E-state index in [-0.39, 0.29) is 17.5 Å². The minimum absolute atomic E-state index is 0.0405. The standard InChI is InChI=1S/C20H24FN3O2/c1-4-22-14(3)12-23-19(25)15-10-9-13(2)18(11-15)24-20(26)16-7-5-6-8-17(16)21/h5-11,14,22H,4,12H2,1-3H3,(H,23,25)(H,24,26)/t14-/m1/s1. The lowest BCUT2D eigenvalue weighted by Crippen LogP contribution is -2.38. The molecule has 2 rings (SSSR count). The number of amides is 2. The highest BCUT2D eigenvalue weighted by molar-refractivity contribution is 6.05. The Kier molecular flexibility index (Phi) is 6.86. The van der Waals surface area contributed by atoms with Crippen LogP contribution in [0.5, 0.6) is 0 Å². The third-order valence-corrected chi connectivity index (χ3v) is 3.99. The van der Waals surface area contributed by atoms with E-state index in [9.17, 15) is 14.0 Å². The highest BCUT2D eigenvalue weighted by atomic mass is 19.1. The second-order valence-electron chi connectivity index (χ2n) is 6.13. The molecular formula is C20H24FN3O2. The number of rotatable bonds is 7. The van der Waals surface area contributed by atoms with Crippen molar-refractivity contribution in [3.05, 3.63) is 65.0 Å². The van der Waals surface area contributed by atoms with Crippen molar-refractivity contribution in [1.29, 1.82) is 0 Å². The zero-order valence-corrected chi connectivity index (χ0v) is 15.2. The molecule has 2 amide bonds. The van der Waals surface area contributed by atoms with Crippen molar-refractivity contribution in [2.75, 3.05) is 18.4 Å². The summed E-state index contributed by atoms with van der Waals surface area (Å²) in [5, 5.41) is 8.74. The van der Waals surface area contributed by atoms with E-state index < -0.39 is 11.7 Å². The van der Waals surface area contributed by atoms with Crippen LogP contribution in [0, 0.1) is 12.7 Å². The topological polar surface area (TPSA) is 70.2 Å². The van der Waals surface area contributed by atoms with Crippen LogP contribution >= 0.6 is 0 Å². The fourth-order valence-corrected chi connectivity index (χ4v) is 2.50. The normalized spacial score (nSPS) is 11.7. The number of halogens is 1. The van der Waals surface area contributed by atoms with Crippen molar-refractivity contribution >= 4 is 17.5 Å². The fourth-order valence-electron chi connectivity index (χ4n) is 2.50. The SMILES string of the molecule is CCN[C@H](C)CNC(=O)c1ccc(C)c(NC(=O)c2ccccc2F)c1. The zero-order valence-electron chi connectivity index (χ0n) is 15.2. The van der Waals surface area contributed by atoms with Crippen LogP contribution in [0.15, 0.2) is 42.5 Å². The quantitative estimate of drug-likeness (QED) is 0.713. The molecule has 0 heterocycles. The molecule has 2 aromatic rings. The van der Waals surface area contributed by atoms with Gasteiger partial charge in [0, 0.05) is 23.8 Å². The van der Waals surface area contributed by atoms with Crippen molar-refractivity contribution < 1.29 is 14.0 Å². The van der Waals surface area contributed by atoms with Crippen molar-refractivity contribution in [1.82, 2.24) is 10.6 Å². The number of anilines is 1. The number of hydrogen-bond acceptors (Lipinski definition) is 3. The van der Waals surface area contributed by atoms with Gasteiger partial charge in [0.25, 0.3) is 11.8 Å². The van der Waals surface area contributed by atoms with Crippen molar-refractivity contribution in [2.45, 2.75) is 26.8 Å². The van der Waals surface area contributed by atoms with Gasteiger partial charge in [-0.2, -0.15) is 0 Å². The molecule has 0 aliphatic carbocycles. The molecule has 0 unspecified atom stereocenters. The first kappa shape index (κ1) is 19.6. The van der Waals surface area contributed by atoms with Crippen LogP contribution in [0.2, 0.25) is 0 Å². The summed E-state index contributed by atoms with van der Waals surface area (Å²) in [5.74, 6) is -1.37. The minimum Gasteiger partial charge on any atom is -0.350 e. The Morgan fingerprint density at radius 1 is 1.12 bits per heavy atom. The summed E-state index contributed by atoms with van der Waals surface area (Å²) in [4.78, 5) is 24.6. The zero-order chi connectivity index (χ0) is 19.1. The van der Waals surface area contributed by atoms with Gasteiger partial charge in [0.15, 0.2) is 0 Å². The molecular weight excluding hydrogens is 333 g/mol. The van der Waals surface area contributed by atoms with Gasteiger partial charge >= 0.3 is 0 Å². The van der Waals surface area contributed by atoms with Gasteiger partial charge in [0.2, 0.25) is 0 Å². The van der Waals surface area contributed by atoms with Gasteiger partial charge in [-0.15, -0.1) is 0 Å². The molecule has 0 saturated carbocycles. The smallest absolute Gasteiger partial charge is 0.258 e. The molecule has 0 radical (unpaired) electrons. The van der Waals surface area contributed by atoms with Gasteiger partial charge in [-0.05, 0) is 50.2 Å². The first-order valence-corrected chi connectivity index (χ1v) is 8.60. The molecule has 0 fully saturated rings. The Labute approximate surface area is 153 Å². The van der Waals surface area contributed by atoms with Gasteiger partial charge < -0.3 is 16.0 Å². The monoisotopic (exact) mass is 357 g/mol. The van der Waals surface area contributed by atoms with E-state index in [1.54, 1.807) is 24.3 Å². The summed E-state index contributed by atoms with van der Waals surface area (Å²) in [6.07, 6.45) is 0. The Balaban J connectivity index is 2.10. The van der Waals surface area contributed by atoms with E-state index in [4.69, 9.17) is 0 Å². The number of nitrogens with one attached hydrogen (secondary N) is 3. The first-order chi connectivity index (χ1) is 12.4. The summed E-state index contributed by atoms with van der Waals surface area (Å²) in [5.41, 5.74) is 1.65. The molecule has 5 nitrogen and oxygen atoms in total. The summed E-state index contributed by atoms with van der Waals surface area (Å²) in [6.45, 7) is 7.12. The maximum atomic E-state index is 13.8.